The van der Waals surface area contributed by atoms with Crippen LogP contribution in [0.1, 0.15) is 26.4 Å². The van der Waals surface area contributed by atoms with Crippen molar-refractivity contribution in [3.05, 3.63) is 69.4 Å². The van der Waals surface area contributed by atoms with Crippen LogP contribution in [0.3, 0.4) is 0 Å². The summed E-state index contributed by atoms with van der Waals surface area (Å²) in [4.78, 5) is 13.2. The van der Waals surface area contributed by atoms with E-state index in [0.29, 0.717) is 41.9 Å². The number of ether oxygens (including phenoxy) is 3. The molecule has 28 heavy (non-hydrogen) atoms. The van der Waals surface area contributed by atoms with Crippen molar-refractivity contribution in [3.63, 3.8) is 0 Å². The third-order valence-electron chi connectivity index (χ3n) is 4.28. The minimum Gasteiger partial charge on any atom is -0.489 e. The Morgan fingerprint density at radius 3 is 2.57 bits per heavy atom. The van der Waals surface area contributed by atoms with E-state index in [1.807, 2.05) is 49.6 Å². The van der Waals surface area contributed by atoms with E-state index < -0.39 is 0 Å². The highest BCUT2D eigenvalue weighted by molar-refractivity contribution is 7.12. The number of hydrogen-bond donors (Lipinski definition) is 1. The number of hydrogen-bond acceptors (Lipinski definition) is 5. The smallest absolute Gasteiger partial charge is 0.265 e. The van der Waals surface area contributed by atoms with Crippen LogP contribution in [0, 0.1) is 13.8 Å². The van der Waals surface area contributed by atoms with Crippen LogP contribution < -0.4 is 19.5 Å². The minimum atomic E-state index is -0.153. The SMILES string of the molecule is Cc1cc(C)cc(OCc2csc(C(=O)Nc3ccc4c(c3)OCCO4)c2)c1. The molecule has 0 aliphatic carbocycles. The van der Waals surface area contributed by atoms with Crippen LogP contribution in [0.25, 0.3) is 0 Å². The zero-order valence-electron chi connectivity index (χ0n) is 15.8. The molecule has 2 heterocycles. The normalized spacial score (nSPS) is 12.5. The van der Waals surface area contributed by atoms with Crippen molar-refractivity contribution in [1.29, 1.82) is 0 Å². The molecular weight excluding hydrogens is 374 g/mol. The molecule has 0 bridgehead atoms. The first kappa shape index (κ1) is 18.4. The van der Waals surface area contributed by atoms with Crippen LogP contribution in [-0.2, 0) is 6.61 Å². The van der Waals surface area contributed by atoms with Gasteiger partial charge in [-0.15, -0.1) is 11.3 Å². The van der Waals surface area contributed by atoms with E-state index in [9.17, 15) is 4.79 Å². The van der Waals surface area contributed by atoms with E-state index in [2.05, 4.69) is 11.4 Å². The summed E-state index contributed by atoms with van der Waals surface area (Å²) in [6, 6.07) is 13.4. The highest BCUT2D eigenvalue weighted by Gasteiger charge is 2.14. The first-order valence-electron chi connectivity index (χ1n) is 9.06. The van der Waals surface area contributed by atoms with Crippen molar-refractivity contribution in [2.24, 2.45) is 0 Å². The molecule has 0 unspecified atom stereocenters. The molecule has 6 heteroatoms. The average molecular weight is 395 g/mol. The maximum atomic E-state index is 12.5. The zero-order chi connectivity index (χ0) is 19.5. The molecule has 144 valence electrons. The van der Waals surface area contributed by atoms with Crippen LogP contribution in [0.15, 0.2) is 47.8 Å². The number of amides is 1. The van der Waals surface area contributed by atoms with Gasteiger partial charge in [0.1, 0.15) is 25.6 Å². The number of aryl methyl sites for hydroxylation is 2. The summed E-state index contributed by atoms with van der Waals surface area (Å²) < 4.78 is 16.9. The largest absolute Gasteiger partial charge is 0.489 e. The third kappa shape index (κ3) is 4.28. The van der Waals surface area contributed by atoms with Crippen molar-refractivity contribution in [2.75, 3.05) is 18.5 Å². The number of rotatable bonds is 5. The van der Waals surface area contributed by atoms with Gasteiger partial charge in [0.15, 0.2) is 11.5 Å². The molecule has 4 rings (SSSR count). The van der Waals surface area contributed by atoms with E-state index >= 15 is 0 Å². The molecule has 0 radical (unpaired) electrons. The Kier molecular flexibility index (Phi) is 5.21. The van der Waals surface area contributed by atoms with Gasteiger partial charge in [-0.25, -0.2) is 0 Å². The third-order valence-corrected chi connectivity index (χ3v) is 5.26. The molecule has 1 aromatic heterocycles. The summed E-state index contributed by atoms with van der Waals surface area (Å²) in [5, 5.41) is 4.85. The molecule has 1 aliphatic rings. The summed E-state index contributed by atoms with van der Waals surface area (Å²) in [6.07, 6.45) is 0. The molecule has 2 aromatic carbocycles. The fourth-order valence-corrected chi connectivity index (χ4v) is 3.86. The Balaban J connectivity index is 1.39. The Morgan fingerprint density at radius 2 is 1.79 bits per heavy atom. The Labute approximate surface area is 167 Å². The van der Waals surface area contributed by atoms with Gasteiger partial charge in [0, 0.05) is 17.3 Å². The number of benzene rings is 2. The molecule has 3 aromatic rings. The standard InChI is InChI=1S/C22H21NO4S/c1-14-7-15(2)9-18(8-14)27-12-16-10-21(28-13-16)22(24)23-17-3-4-19-20(11-17)26-6-5-25-19/h3-4,7-11,13H,5-6,12H2,1-2H3,(H,23,24). The second-order valence-electron chi connectivity index (χ2n) is 6.74. The lowest BCUT2D eigenvalue weighted by Gasteiger charge is -2.18. The van der Waals surface area contributed by atoms with E-state index in [-0.39, 0.29) is 5.91 Å². The van der Waals surface area contributed by atoms with Gasteiger partial charge in [-0.3, -0.25) is 4.79 Å². The van der Waals surface area contributed by atoms with Gasteiger partial charge in [-0.1, -0.05) is 6.07 Å². The van der Waals surface area contributed by atoms with Crippen molar-refractivity contribution in [2.45, 2.75) is 20.5 Å². The Morgan fingerprint density at radius 1 is 1.04 bits per heavy atom. The predicted molar refractivity (Wildman–Crippen MR) is 110 cm³/mol. The number of carbonyl (C=O) groups is 1. The van der Waals surface area contributed by atoms with Gasteiger partial charge in [0.2, 0.25) is 0 Å². The first-order chi connectivity index (χ1) is 13.6. The summed E-state index contributed by atoms with van der Waals surface area (Å²) in [6.45, 7) is 5.58. The van der Waals surface area contributed by atoms with Gasteiger partial charge >= 0.3 is 0 Å². The molecule has 0 fully saturated rings. The van der Waals surface area contributed by atoms with E-state index in [1.54, 1.807) is 6.07 Å². The Hall–Kier alpha value is -2.99. The van der Waals surface area contributed by atoms with E-state index in [1.165, 1.54) is 22.5 Å². The van der Waals surface area contributed by atoms with Crippen LogP contribution in [0.5, 0.6) is 17.2 Å². The summed E-state index contributed by atoms with van der Waals surface area (Å²) >= 11 is 1.40. The molecule has 1 aliphatic heterocycles. The van der Waals surface area contributed by atoms with Crippen molar-refractivity contribution < 1.29 is 19.0 Å². The lowest BCUT2D eigenvalue weighted by molar-refractivity contribution is 0.103. The number of carbonyl (C=O) groups excluding carboxylic acids is 1. The minimum absolute atomic E-state index is 0.153. The molecule has 1 N–H and O–H groups in total. The molecule has 0 saturated heterocycles. The van der Waals surface area contributed by atoms with Gasteiger partial charge in [0.05, 0.1) is 4.88 Å². The second-order valence-corrected chi connectivity index (χ2v) is 7.66. The van der Waals surface area contributed by atoms with Crippen molar-refractivity contribution in [3.8, 4) is 17.2 Å². The molecule has 5 nitrogen and oxygen atoms in total. The second kappa shape index (κ2) is 7.94. The highest BCUT2D eigenvalue weighted by atomic mass is 32.1. The quantitative estimate of drug-likeness (QED) is 0.663. The molecule has 0 saturated carbocycles. The summed E-state index contributed by atoms with van der Waals surface area (Å²) in [7, 11) is 0. The monoisotopic (exact) mass is 395 g/mol. The predicted octanol–water partition coefficient (Wildman–Crippen LogP) is 4.97. The lowest BCUT2D eigenvalue weighted by Crippen LogP contribution is -2.16. The van der Waals surface area contributed by atoms with Gasteiger partial charge in [0.25, 0.3) is 5.91 Å². The van der Waals surface area contributed by atoms with Gasteiger partial charge in [-0.05, 0) is 60.7 Å². The zero-order valence-corrected chi connectivity index (χ0v) is 16.6. The van der Waals surface area contributed by atoms with Crippen molar-refractivity contribution >= 4 is 22.9 Å². The maximum Gasteiger partial charge on any atom is 0.265 e. The van der Waals surface area contributed by atoms with Crippen LogP contribution in [0.2, 0.25) is 0 Å². The molecule has 0 atom stereocenters. The van der Waals surface area contributed by atoms with Crippen molar-refractivity contribution in [1.82, 2.24) is 0 Å². The maximum absolute atomic E-state index is 12.5. The highest BCUT2D eigenvalue weighted by Crippen LogP contribution is 2.33. The van der Waals surface area contributed by atoms with Gasteiger partial charge in [-0.2, -0.15) is 0 Å². The summed E-state index contributed by atoms with van der Waals surface area (Å²) in [5.41, 5.74) is 3.98. The van der Waals surface area contributed by atoms with E-state index in [0.717, 1.165) is 11.3 Å². The van der Waals surface area contributed by atoms with Crippen LogP contribution in [-0.4, -0.2) is 19.1 Å². The topological polar surface area (TPSA) is 56.8 Å². The van der Waals surface area contributed by atoms with Crippen LogP contribution in [0.4, 0.5) is 5.69 Å². The number of nitrogens with one attached hydrogen (secondary N) is 1. The fourth-order valence-electron chi connectivity index (χ4n) is 3.07. The molecule has 1 amide bonds. The number of anilines is 1. The average Bonchev–Trinajstić information content (AvgIpc) is 3.15. The Bertz CT molecular complexity index is 991. The molecular formula is C22H21NO4S. The van der Waals surface area contributed by atoms with Crippen LogP contribution >= 0.6 is 11.3 Å². The lowest BCUT2D eigenvalue weighted by atomic mass is 10.1. The van der Waals surface area contributed by atoms with Gasteiger partial charge < -0.3 is 19.5 Å². The molecule has 0 spiro atoms. The summed E-state index contributed by atoms with van der Waals surface area (Å²) in [5.74, 6) is 2.04. The fraction of sp³-hybridized carbons (Fsp3) is 0.227. The first-order valence-corrected chi connectivity index (χ1v) is 9.94. The number of fused-ring (bicyclic) bond motifs is 1. The number of thiophene rings is 1. The van der Waals surface area contributed by atoms with E-state index in [4.69, 9.17) is 14.2 Å².